The summed E-state index contributed by atoms with van der Waals surface area (Å²) in [6, 6.07) is 9.46. The normalized spacial score (nSPS) is 16.0. The van der Waals surface area contributed by atoms with Crippen LogP contribution in [0.25, 0.3) is 22.0 Å². The first kappa shape index (κ1) is 40.7. The third-order valence-corrected chi connectivity index (χ3v) is 8.65. The quantitative estimate of drug-likeness (QED) is 0.0571. The summed E-state index contributed by atoms with van der Waals surface area (Å²) in [4.78, 5) is 18.3. The summed E-state index contributed by atoms with van der Waals surface area (Å²) in [5, 5.41) is 30.3. The average Bonchev–Trinajstić information content (AvgIpc) is 3.53. The number of anilines is 1. The maximum absolute atomic E-state index is 15.0. The molecule has 0 bridgehead atoms. The number of nitrogens with zero attached hydrogens (tertiary/aromatic N) is 3. The molecule has 2 aromatic carbocycles. The number of rotatable bonds is 13. The van der Waals surface area contributed by atoms with E-state index in [1.807, 2.05) is 0 Å². The first-order chi connectivity index (χ1) is 25.7. The second kappa shape index (κ2) is 16.1. The Morgan fingerprint density at radius 2 is 1.76 bits per heavy atom. The average molecular weight is 776 g/mol. The van der Waals surface area contributed by atoms with Crippen molar-refractivity contribution in [1.29, 1.82) is 5.41 Å². The standard InChI is InChI=1S/C38H37F8N7O2/c1-19-16-38(45,46)34(30(19)31(47)35(43)44)48-18-29(54)51-27(14-20-12-21(39)15-22(40)13-20)32-24(9-8-23(50-32)10-11-37(2,3)55)25-6-5-7-26-33(25)53(4)52-36(26)49-17-28(41)42/h5-9,12-13,15,19,27-28,35,47-48,55H,14,16-18H2,1-4H3,(H,49,52)(H,51,54)/t19-,27?/m0/s1. The topological polar surface area (TPSA) is 128 Å². The van der Waals surface area contributed by atoms with Gasteiger partial charge in [-0.2, -0.15) is 13.9 Å². The first-order valence-corrected chi connectivity index (χ1v) is 17.0. The molecule has 0 spiro atoms. The van der Waals surface area contributed by atoms with Gasteiger partial charge in [0.1, 0.15) is 28.6 Å². The van der Waals surface area contributed by atoms with Crippen molar-refractivity contribution >= 4 is 28.3 Å². The van der Waals surface area contributed by atoms with Crippen LogP contribution in [-0.4, -0.2) is 69.0 Å². The minimum absolute atomic E-state index is 0.0558. The number of fused-ring (bicyclic) bond motifs is 1. The van der Waals surface area contributed by atoms with E-state index in [4.69, 9.17) is 5.41 Å². The van der Waals surface area contributed by atoms with Gasteiger partial charge >= 0.3 is 0 Å². The van der Waals surface area contributed by atoms with Gasteiger partial charge in [-0.25, -0.2) is 31.3 Å². The van der Waals surface area contributed by atoms with E-state index in [2.05, 4.69) is 37.9 Å². The molecule has 4 aromatic rings. The molecule has 17 heteroatoms. The Morgan fingerprint density at radius 3 is 2.40 bits per heavy atom. The molecule has 9 nitrogen and oxygen atoms in total. The van der Waals surface area contributed by atoms with Crippen LogP contribution in [-0.2, 0) is 18.3 Å². The van der Waals surface area contributed by atoms with Gasteiger partial charge in [0.25, 0.3) is 18.8 Å². The summed E-state index contributed by atoms with van der Waals surface area (Å²) in [5.41, 5.74) is -2.91. The Labute approximate surface area is 310 Å². The van der Waals surface area contributed by atoms with Crippen molar-refractivity contribution in [3.63, 3.8) is 0 Å². The third kappa shape index (κ3) is 9.60. The molecule has 5 N–H and O–H groups in total. The summed E-state index contributed by atoms with van der Waals surface area (Å²) in [6.07, 6.45) is -7.20. The van der Waals surface area contributed by atoms with E-state index < -0.39 is 90.4 Å². The number of aliphatic hydroxyl groups is 1. The lowest BCUT2D eigenvalue weighted by atomic mass is 9.93. The largest absolute Gasteiger partial charge is 0.378 e. The summed E-state index contributed by atoms with van der Waals surface area (Å²) in [5.74, 6) is -2.04. The van der Waals surface area contributed by atoms with Gasteiger partial charge in [-0.3, -0.25) is 14.9 Å². The molecule has 2 atom stereocenters. The number of aryl methyl sites for hydroxylation is 1. The molecule has 292 valence electrons. The van der Waals surface area contributed by atoms with E-state index >= 15 is 8.78 Å². The second-order valence-electron chi connectivity index (χ2n) is 13.7. The van der Waals surface area contributed by atoms with E-state index in [-0.39, 0.29) is 29.2 Å². The molecular formula is C38H37F8N7O2. The monoisotopic (exact) mass is 775 g/mol. The molecule has 0 fully saturated rings. The molecule has 2 heterocycles. The molecule has 1 aliphatic carbocycles. The number of amides is 1. The van der Waals surface area contributed by atoms with Crippen molar-refractivity contribution in [3.05, 3.63) is 88.4 Å². The van der Waals surface area contributed by atoms with Crippen LogP contribution in [0, 0.1) is 34.8 Å². The number of halogens is 8. The number of nitrogens with one attached hydrogen (secondary N) is 4. The second-order valence-corrected chi connectivity index (χ2v) is 13.7. The summed E-state index contributed by atoms with van der Waals surface area (Å²) < 4.78 is 114. The Hall–Kier alpha value is -5.50. The fourth-order valence-electron chi connectivity index (χ4n) is 6.48. The minimum atomic E-state index is -3.65. The smallest absolute Gasteiger partial charge is 0.288 e. The van der Waals surface area contributed by atoms with Crippen molar-refractivity contribution in [2.75, 3.05) is 18.4 Å². The number of allylic oxidation sites excluding steroid dienone is 2. The zero-order chi connectivity index (χ0) is 40.4. The molecule has 55 heavy (non-hydrogen) atoms. The lowest BCUT2D eigenvalue weighted by Gasteiger charge is -2.23. The number of para-hydroxylation sites is 1. The number of carbonyl (C=O) groups excluding carboxylic acids is 1. The molecule has 1 aliphatic rings. The SMILES string of the molecule is C[C@H]1CC(F)(F)C(NCC(=O)NC(Cc2cc(F)cc(F)c2)c2nc(C#CC(C)(C)O)ccc2-c2cccc3c(NCC(F)F)nn(C)c23)=C1C(=N)C(F)F. The Morgan fingerprint density at radius 1 is 1.07 bits per heavy atom. The molecule has 0 saturated carbocycles. The summed E-state index contributed by atoms with van der Waals surface area (Å²) in [6.45, 7) is 2.58. The van der Waals surface area contributed by atoms with Crippen molar-refractivity contribution in [2.45, 2.75) is 64.0 Å². The van der Waals surface area contributed by atoms with Crippen LogP contribution in [0.15, 0.2) is 59.8 Å². The molecule has 2 aromatic heterocycles. The predicted molar refractivity (Wildman–Crippen MR) is 190 cm³/mol. The molecule has 0 radical (unpaired) electrons. The highest BCUT2D eigenvalue weighted by atomic mass is 19.3. The Balaban J connectivity index is 1.64. The molecule has 5 rings (SSSR count). The fraction of sp³-hybridized carbons (Fsp3) is 0.368. The molecule has 0 saturated heterocycles. The highest BCUT2D eigenvalue weighted by molar-refractivity contribution is 6.02. The predicted octanol–water partition coefficient (Wildman–Crippen LogP) is 6.92. The number of hydrogen-bond acceptors (Lipinski definition) is 7. The van der Waals surface area contributed by atoms with E-state index in [1.54, 1.807) is 31.3 Å². The molecule has 1 amide bonds. The van der Waals surface area contributed by atoms with E-state index in [9.17, 15) is 36.2 Å². The lowest BCUT2D eigenvalue weighted by molar-refractivity contribution is -0.121. The number of alkyl halides is 6. The van der Waals surface area contributed by atoms with Gasteiger partial charge in [0, 0.05) is 41.6 Å². The maximum atomic E-state index is 15.0. The van der Waals surface area contributed by atoms with Gasteiger partial charge in [0.2, 0.25) is 5.91 Å². The van der Waals surface area contributed by atoms with Crippen LogP contribution in [0.3, 0.4) is 0 Å². The number of benzene rings is 2. The molecule has 0 aliphatic heterocycles. The fourth-order valence-corrected chi connectivity index (χ4v) is 6.48. The maximum Gasteiger partial charge on any atom is 0.288 e. The van der Waals surface area contributed by atoms with Crippen molar-refractivity contribution < 1.29 is 45.0 Å². The highest BCUT2D eigenvalue weighted by Gasteiger charge is 2.48. The van der Waals surface area contributed by atoms with Gasteiger partial charge in [0.05, 0.1) is 36.0 Å². The third-order valence-electron chi connectivity index (χ3n) is 8.65. The Bertz CT molecular complexity index is 2180. The van der Waals surface area contributed by atoms with Gasteiger partial charge in [-0.05, 0) is 68.0 Å². The van der Waals surface area contributed by atoms with Gasteiger partial charge in [0.15, 0.2) is 5.82 Å². The van der Waals surface area contributed by atoms with Crippen LogP contribution >= 0.6 is 0 Å². The number of pyridine rings is 1. The molecular weight excluding hydrogens is 738 g/mol. The van der Waals surface area contributed by atoms with Crippen LogP contribution in [0.4, 0.5) is 40.9 Å². The van der Waals surface area contributed by atoms with Gasteiger partial charge < -0.3 is 21.1 Å². The van der Waals surface area contributed by atoms with Gasteiger partial charge in [-0.15, -0.1) is 0 Å². The van der Waals surface area contributed by atoms with Crippen molar-refractivity contribution in [2.24, 2.45) is 13.0 Å². The van der Waals surface area contributed by atoms with E-state index in [0.29, 0.717) is 28.1 Å². The van der Waals surface area contributed by atoms with Crippen molar-refractivity contribution in [1.82, 2.24) is 25.4 Å². The van der Waals surface area contributed by atoms with Crippen LogP contribution in [0.1, 0.15) is 50.2 Å². The van der Waals surface area contributed by atoms with Gasteiger partial charge in [-0.1, -0.05) is 25.0 Å². The Kier molecular flexibility index (Phi) is 11.9. The summed E-state index contributed by atoms with van der Waals surface area (Å²) >= 11 is 0. The number of carbonyl (C=O) groups is 1. The van der Waals surface area contributed by atoms with Crippen LogP contribution in [0.2, 0.25) is 0 Å². The first-order valence-electron chi connectivity index (χ1n) is 17.0. The zero-order valence-corrected chi connectivity index (χ0v) is 30.0. The van der Waals surface area contributed by atoms with E-state index in [1.165, 1.54) is 31.5 Å². The van der Waals surface area contributed by atoms with Crippen molar-refractivity contribution in [3.8, 4) is 23.0 Å². The number of aromatic nitrogens is 3. The van der Waals surface area contributed by atoms with E-state index in [0.717, 1.165) is 12.1 Å². The highest BCUT2D eigenvalue weighted by Crippen LogP contribution is 2.43. The lowest BCUT2D eigenvalue weighted by Crippen LogP contribution is -2.40. The summed E-state index contributed by atoms with van der Waals surface area (Å²) in [7, 11) is 1.58. The number of hydrogen-bond donors (Lipinski definition) is 5. The van der Waals surface area contributed by atoms with Crippen LogP contribution in [0.5, 0.6) is 0 Å². The molecule has 1 unspecified atom stereocenters. The zero-order valence-electron chi connectivity index (χ0n) is 30.0. The van der Waals surface area contributed by atoms with Crippen LogP contribution < -0.4 is 16.0 Å². The minimum Gasteiger partial charge on any atom is -0.378 e.